The average Bonchev–Trinajstić information content (AvgIpc) is 2.26. The van der Waals surface area contributed by atoms with Gasteiger partial charge in [0.15, 0.2) is 0 Å². The fraction of sp³-hybridized carbons (Fsp3) is 0.308. The average molecular weight is 234 g/mol. The second-order valence-electron chi connectivity index (χ2n) is 4.17. The minimum absolute atomic E-state index is 0.284. The summed E-state index contributed by atoms with van der Waals surface area (Å²) in [5.74, 6) is 0.0984. The topological polar surface area (TPSA) is 64.3 Å². The maximum atomic E-state index is 11.3. The van der Waals surface area contributed by atoms with Crippen LogP contribution in [0.25, 0.3) is 6.08 Å². The van der Waals surface area contributed by atoms with E-state index in [4.69, 9.17) is 10.6 Å². The molecule has 0 aliphatic heterocycles. The number of anilines is 1. The van der Waals surface area contributed by atoms with Crippen molar-refractivity contribution in [3.8, 4) is 0 Å². The van der Waals surface area contributed by atoms with Crippen molar-refractivity contribution < 1.29 is 9.63 Å². The van der Waals surface area contributed by atoms with E-state index < -0.39 is 0 Å². The lowest BCUT2D eigenvalue weighted by Crippen LogP contribution is -2.23. The Morgan fingerprint density at radius 3 is 2.94 bits per heavy atom. The first kappa shape index (κ1) is 13.3. The Morgan fingerprint density at radius 2 is 2.29 bits per heavy atom. The Morgan fingerprint density at radius 1 is 1.53 bits per heavy atom. The summed E-state index contributed by atoms with van der Waals surface area (Å²) in [6, 6.07) is 7.29. The first-order valence-corrected chi connectivity index (χ1v) is 5.53. The summed E-state index contributed by atoms with van der Waals surface area (Å²) in [5, 5.41) is 0. The molecule has 0 saturated carbocycles. The zero-order valence-corrected chi connectivity index (χ0v) is 10.1. The molecule has 0 heterocycles. The molecule has 0 saturated heterocycles. The van der Waals surface area contributed by atoms with Crippen molar-refractivity contribution in [3.63, 3.8) is 0 Å². The molecule has 1 aromatic rings. The van der Waals surface area contributed by atoms with E-state index in [1.165, 1.54) is 6.08 Å². The maximum absolute atomic E-state index is 11.3. The maximum Gasteiger partial charge on any atom is 0.267 e. The number of amides is 1. The van der Waals surface area contributed by atoms with Crippen molar-refractivity contribution in [1.29, 1.82) is 0 Å². The van der Waals surface area contributed by atoms with Crippen molar-refractivity contribution in [2.45, 2.75) is 13.8 Å². The number of hydroxylamine groups is 1. The number of rotatable bonds is 5. The molecule has 4 nitrogen and oxygen atoms in total. The second kappa shape index (κ2) is 6.70. The first-order chi connectivity index (χ1) is 8.08. The monoisotopic (exact) mass is 234 g/mol. The molecular formula is C13H18N2O2. The number of hydrogen-bond donors (Lipinski definition) is 2. The van der Waals surface area contributed by atoms with Gasteiger partial charge < -0.3 is 5.73 Å². The van der Waals surface area contributed by atoms with Gasteiger partial charge in [0.25, 0.3) is 5.91 Å². The van der Waals surface area contributed by atoms with Crippen molar-refractivity contribution in [2.24, 2.45) is 5.92 Å². The van der Waals surface area contributed by atoms with Gasteiger partial charge >= 0.3 is 0 Å². The van der Waals surface area contributed by atoms with Crippen molar-refractivity contribution in [1.82, 2.24) is 5.48 Å². The highest BCUT2D eigenvalue weighted by Crippen LogP contribution is 2.07. The molecule has 0 spiro atoms. The van der Waals surface area contributed by atoms with Gasteiger partial charge in [-0.15, -0.1) is 0 Å². The molecular weight excluding hydrogens is 216 g/mol. The van der Waals surface area contributed by atoms with Gasteiger partial charge in [0, 0.05) is 11.8 Å². The van der Waals surface area contributed by atoms with Crippen LogP contribution in [0.15, 0.2) is 30.3 Å². The summed E-state index contributed by atoms with van der Waals surface area (Å²) < 4.78 is 0. The molecule has 0 fully saturated rings. The van der Waals surface area contributed by atoms with Gasteiger partial charge in [-0.3, -0.25) is 9.63 Å². The Labute approximate surface area is 101 Å². The molecule has 0 aliphatic rings. The van der Waals surface area contributed by atoms with E-state index in [1.54, 1.807) is 18.2 Å². The lowest BCUT2D eigenvalue weighted by molar-refractivity contribution is -0.129. The largest absolute Gasteiger partial charge is 0.399 e. The lowest BCUT2D eigenvalue weighted by atomic mass is 10.2. The number of nitrogen functional groups attached to an aromatic ring is 1. The van der Waals surface area contributed by atoms with Crippen LogP contribution in [-0.2, 0) is 9.63 Å². The molecule has 3 N–H and O–H groups in total. The minimum Gasteiger partial charge on any atom is -0.399 e. The molecule has 92 valence electrons. The summed E-state index contributed by atoms with van der Waals surface area (Å²) in [6.07, 6.45) is 3.10. The first-order valence-electron chi connectivity index (χ1n) is 5.53. The van der Waals surface area contributed by atoms with Crippen LogP contribution in [-0.4, -0.2) is 12.5 Å². The van der Waals surface area contributed by atoms with Crippen LogP contribution in [0.1, 0.15) is 19.4 Å². The number of carbonyl (C=O) groups excluding carboxylic acids is 1. The van der Waals surface area contributed by atoms with Gasteiger partial charge in [-0.2, -0.15) is 0 Å². The normalized spacial score (nSPS) is 11.0. The zero-order valence-electron chi connectivity index (χ0n) is 10.1. The quantitative estimate of drug-likeness (QED) is 0.465. The Kier molecular flexibility index (Phi) is 5.23. The predicted molar refractivity (Wildman–Crippen MR) is 68.8 cm³/mol. The molecule has 0 unspecified atom stereocenters. The molecule has 1 aromatic carbocycles. The fourth-order valence-corrected chi connectivity index (χ4v) is 1.15. The Bertz CT molecular complexity index is 400. The smallest absolute Gasteiger partial charge is 0.267 e. The van der Waals surface area contributed by atoms with E-state index in [2.05, 4.69) is 5.48 Å². The number of hydrogen-bond acceptors (Lipinski definition) is 3. The highest BCUT2D eigenvalue weighted by atomic mass is 16.6. The van der Waals surface area contributed by atoms with Crippen LogP contribution < -0.4 is 11.2 Å². The van der Waals surface area contributed by atoms with Crippen LogP contribution in [0.4, 0.5) is 5.69 Å². The van der Waals surface area contributed by atoms with Gasteiger partial charge in [0.05, 0.1) is 6.61 Å². The summed E-state index contributed by atoms with van der Waals surface area (Å²) in [4.78, 5) is 16.3. The minimum atomic E-state index is -0.284. The van der Waals surface area contributed by atoms with Crippen LogP contribution in [0.3, 0.4) is 0 Å². The highest BCUT2D eigenvalue weighted by molar-refractivity contribution is 5.91. The third-order valence-electron chi connectivity index (χ3n) is 1.93. The van der Waals surface area contributed by atoms with E-state index in [-0.39, 0.29) is 5.91 Å². The number of benzene rings is 1. The fourth-order valence-electron chi connectivity index (χ4n) is 1.15. The molecule has 1 rings (SSSR count). The standard InChI is InChI=1S/C13H18N2O2/c1-10(2)9-17-15-13(16)7-6-11-4-3-5-12(14)8-11/h3-8,10H,9,14H2,1-2H3,(H,15,16)/b7-6+. The summed E-state index contributed by atoms with van der Waals surface area (Å²) in [5.41, 5.74) is 9.51. The molecule has 0 aromatic heterocycles. The number of nitrogens with one attached hydrogen (secondary N) is 1. The Hall–Kier alpha value is -1.81. The van der Waals surface area contributed by atoms with Gasteiger partial charge in [0.2, 0.25) is 0 Å². The van der Waals surface area contributed by atoms with Crippen LogP contribution in [0, 0.1) is 5.92 Å². The van der Waals surface area contributed by atoms with E-state index in [9.17, 15) is 4.79 Å². The van der Waals surface area contributed by atoms with Gasteiger partial charge in [-0.05, 0) is 29.7 Å². The van der Waals surface area contributed by atoms with Gasteiger partial charge in [0.1, 0.15) is 0 Å². The third-order valence-corrected chi connectivity index (χ3v) is 1.93. The number of nitrogens with two attached hydrogens (primary N) is 1. The third kappa shape index (κ3) is 5.73. The summed E-state index contributed by atoms with van der Waals surface area (Å²) in [6.45, 7) is 4.52. The summed E-state index contributed by atoms with van der Waals surface area (Å²) in [7, 11) is 0. The predicted octanol–water partition coefficient (Wildman–Crippen LogP) is 1.99. The molecule has 17 heavy (non-hydrogen) atoms. The highest BCUT2D eigenvalue weighted by Gasteiger charge is 1.97. The van der Waals surface area contributed by atoms with Crippen molar-refractivity contribution in [2.75, 3.05) is 12.3 Å². The van der Waals surface area contributed by atoms with E-state index in [1.807, 2.05) is 26.0 Å². The van der Waals surface area contributed by atoms with Crippen molar-refractivity contribution in [3.05, 3.63) is 35.9 Å². The van der Waals surface area contributed by atoms with Gasteiger partial charge in [-0.25, -0.2) is 5.48 Å². The molecule has 0 bridgehead atoms. The molecule has 1 amide bonds. The zero-order chi connectivity index (χ0) is 12.7. The van der Waals surface area contributed by atoms with Crippen LogP contribution in [0.2, 0.25) is 0 Å². The molecule has 0 radical (unpaired) electrons. The SMILES string of the molecule is CC(C)CONC(=O)/C=C/c1cccc(N)c1. The van der Waals surface area contributed by atoms with E-state index in [0.29, 0.717) is 18.2 Å². The Balaban J connectivity index is 2.40. The molecule has 0 aliphatic carbocycles. The number of carbonyl (C=O) groups is 1. The molecule has 0 atom stereocenters. The lowest BCUT2D eigenvalue weighted by Gasteiger charge is -2.05. The van der Waals surface area contributed by atoms with Crippen LogP contribution >= 0.6 is 0 Å². The second-order valence-corrected chi connectivity index (χ2v) is 4.17. The van der Waals surface area contributed by atoms with Crippen LogP contribution in [0.5, 0.6) is 0 Å². The molecule has 4 heteroatoms. The van der Waals surface area contributed by atoms with Crippen molar-refractivity contribution >= 4 is 17.7 Å². The van der Waals surface area contributed by atoms with E-state index >= 15 is 0 Å². The van der Waals surface area contributed by atoms with Gasteiger partial charge in [-0.1, -0.05) is 26.0 Å². The van der Waals surface area contributed by atoms with E-state index in [0.717, 1.165) is 5.56 Å². The summed E-state index contributed by atoms with van der Waals surface area (Å²) >= 11 is 0.